The molecule has 0 fully saturated rings. The number of nitrogens with two attached hydrogens (primary N) is 1. The number of hydrogen-bond donors (Lipinski definition) is 1. The summed E-state index contributed by atoms with van der Waals surface area (Å²) in [6, 6.07) is 5.48. The van der Waals surface area contributed by atoms with Gasteiger partial charge in [0, 0.05) is 25.4 Å². The first-order valence-electron chi connectivity index (χ1n) is 5.31. The van der Waals surface area contributed by atoms with E-state index in [4.69, 9.17) is 5.73 Å². The molecule has 1 heterocycles. The molecule has 96 valence electrons. The third-order valence-electron chi connectivity index (χ3n) is 2.67. The van der Waals surface area contributed by atoms with Gasteiger partial charge in [-0.25, -0.2) is 0 Å². The van der Waals surface area contributed by atoms with Crippen molar-refractivity contribution in [1.29, 1.82) is 0 Å². The van der Waals surface area contributed by atoms with Gasteiger partial charge in [-0.05, 0) is 29.8 Å². The van der Waals surface area contributed by atoms with Gasteiger partial charge in [-0.2, -0.15) is 18.3 Å². The van der Waals surface area contributed by atoms with Crippen LogP contribution in [0.25, 0.3) is 11.3 Å². The molecule has 0 spiro atoms. The molecule has 1 aromatic heterocycles. The van der Waals surface area contributed by atoms with Crippen LogP contribution in [0.1, 0.15) is 11.1 Å². The first kappa shape index (κ1) is 12.6. The Morgan fingerprint density at radius 1 is 1.28 bits per heavy atom. The lowest BCUT2D eigenvalue weighted by molar-refractivity contribution is -0.137. The van der Waals surface area contributed by atoms with Crippen molar-refractivity contribution < 1.29 is 13.2 Å². The highest BCUT2D eigenvalue weighted by molar-refractivity contribution is 5.61. The van der Waals surface area contributed by atoms with Crippen LogP contribution in [0.3, 0.4) is 0 Å². The number of hydrogen-bond acceptors (Lipinski definition) is 2. The van der Waals surface area contributed by atoms with Gasteiger partial charge >= 0.3 is 6.18 Å². The fourth-order valence-electron chi connectivity index (χ4n) is 1.78. The lowest BCUT2D eigenvalue weighted by Gasteiger charge is -2.11. The number of nitrogens with zero attached hydrogens (tertiary/aromatic N) is 2. The number of aromatic nitrogens is 2. The van der Waals surface area contributed by atoms with Crippen LogP contribution in [0.2, 0.25) is 0 Å². The Morgan fingerprint density at radius 3 is 2.50 bits per heavy atom. The summed E-state index contributed by atoms with van der Waals surface area (Å²) in [7, 11) is 1.68. The maximum Gasteiger partial charge on any atom is 0.416 e. The van der Waals surface area contributed by atoms with Crippen molar-refractivity contribution in [3.05, 3.63) is 41.6 Å². The minimum absolute atomic E-state index is 0.0643. The third-order valence-corrected chi connectivity index (χ3v) is 2.67. The molecule has 2 N–H and O–H groups in total. The Hall–Kier alpha value is -1.82. The van der Waals surface area contributed by atoms with Gasteiger partial charge in [0.15, 0.2) is 0 Å². The van der Waals surface area contributed by atoms with Gasteiger partial charge in [0.05, 0.1) is 11.3 Å². The minimum Gasteiger partial charge on any atom is -0.326 e. The fraction of sp³-hybridized carbons (Fsp3) is 0.250. The van der Waals surface area contributed by atoms with E-state index in [9.17, 15) is 13.2 Å². The van der Waals surface area contributed by atoms with Crippen molar-refractivity contribution >= 4 is 0 Å². The second-order valence-electron chi connectivity index (χ2n) is 3.96. The summed E-state index contributed by atoms with van der Waals surface area (Å²) in [4.78, 5) is 0. The summed E-state index contributed by atoms with van der Waals surface area (Å²) in [5.41, 5.74) is 6.27. The number of rotatable bonds is 2. The first-order chi connectivity index (χ1) is 8.41. The first-order valence-corrected chi connectivity index (χ1v) is 5.31. The zero-order chi connectivity index (χ0) is 13.3. The summed E-state index contributed by atoms with van der Waals surface area (Å²) in [6.07, 6.45) is -2.84. The Balaban J connectivity index is 2.58. The number of benzene rings is 1. The molecule has 0 amide bonds. The van der Waals surface area contributed by atoms with E-state index in [1.54, 1.807) is 19.2 Å². The Bertz CT molecular complexity index is 558. The van der Waals surface area contributed by atoms with E-state index < -0.39 is 11.7 Å². The van der Waals surface area contributed by atoms with Crippen molar-refractivity contribution in [3.8, 4) is 11.3 Å². The van der Waals surface area contributed by atoms with Crippen LogP contribution >= 0.6 is 0 Å². The van der Waals surface area contributed by atoms with Gasteiger partial charge in [0.1, 0.15) is 0 Å². The molecule has 0 aliphatic carbocycles. The highest BCUT2D eigenvalue weighted by atomic mass is 19.4. The molecule has 0 unspecified atom stereocenters. The molecule has 18 heavy (non-hydrogen) atoms. The monoisotopic (exact) mass is 255 g/mol. The molecule has 0 atom stereocenters. The number of halogens is 3. The molecular formula is C12H12F3N3. The Labute approximate surface area is 102 Å². The molecular weight excluding hydrogens is 243 g/mol. The second kappa shape index (κ2) is 4.45. The summed E-state index contributed by atoms with van der Waals surface area (Å²) >= 11 is 0. The van der Waals surface area contributed by atoms with Gasteiger partial charge in [-0.3, -0.25) is 4.68 Å². The van der Waals surface area contributed by atoms with Crippen LogP contribution in [0.15, 0.2) is 30.5 Å². The van der Waals surface area contributed by atoms with E-state index in [1.165, 1.54) is 10.9 Å². The SMILES string of the molecule is Cn1nccc1-c1cc(CN)cc(C(F)(F)F)c1. The molecule has 6 heteroatoms. The zero-order valence-corrected chi connectivity index (χ0v) is 9.70. The predicted molar refractivity (Wildman–Crippen MR) is 61.5 cm³/mol. The van der Waals surface area contributed by atoms with E-state index in [1.807, 2.05) is 0 Å². The van der Waals surface area contributed by atoms with Crippen molar-refractivity contribution in [2.24, 2.45) is 12.8 Å². The lowest BCUT2D eigenvalue weighted by Crippen LogP contribution is -2.08. The minimum atomic E-state index is -4.38. The molecule has 0 saturated carbocycles. The van der Waals surface area contributed by atoms with Gasteiger partial charge < -0.3 is 5.73 Å². The van der Waals surface area contributed by atoms with Crippen LogP contribution < -0.4 is 5.73 Å². The van der Waals surface area contributed by atoms with E-state index in [2.05, 4.69) is 5.10 Å². The average molecular weight is 255 g/mol. The zero-order valence-electron chi connectivity index (χ0n) is 9.70. The molecule has 0 aliphatic heterocycles. The van der Waals surface area contributed by atoms with E-state index in [-0.39, 0.29) is 6.54 Å². The summed E-state index contributed by atoms with van der Waals surface area (Å²) < 4.78 is 39.8. The van der Waals surface area contributed by atoms with Crippen molar-refractivity contribution in [1.82, 2.24) is 9.78 Å². The van der Waals surface area contributed by atoms with Gasteiger partial charge in [0.25, 0.3) is 0 Å². The maximum absolute atomic E-state index is 12.8. The summed E-state index contributed by atoms with van der Waals surface area (Å²) in [6.45, 7) is 0.0643. The van der Waals surface area contributed by atoms with E-state index in [0.717, 1.165) is 12.1 Å². The van der Waals surface area contributed by atoms with Gasteiger partial charge in [-0.15, -0.1) is 0 Å². The third kappa shape index (κ3) is 2.38. The molecule has 0 radical (unpaired) electrons. The van der Waals surface area contributed by atoms with Crippen LogP contribution in [0.4, 0.5) is 13.2 Å². The maximum atomic E-state index is 12.8. The average Bonchev–Trinajstić information content (AvgIpc) is 2.73. The van der Waals surface area contributed by atoms with Gasteiger partial charge in [-0.1, -0.05) is 0 Å². The molecule has 0 aliphatic rings. The molecule has 2 rings (SSSR count). The van der Waals surface area contributed by atoms with Crippen LogP contribution in [0, 0.1) is 0 Å². The van der Waals surface area contributed by atoms with Crippen LogP contribution in [0.5, 0.6) is 0 Å². The van der Waals surface area contributed by atoms with Crippen molar-refractivity contribution in [2.75, 3.05) is 0 Å². The Kier molecular flexibility index (Phi) is 3.13. The van der Waals surface area contributed by atoms with E-state index >= 15 is 0 Å². The lowest BCUT2D eigenvalue weighted by atomic mass is 10.0. The van der Waals surface area contributed by atoms with Gasteiger partial charge in [0.2, 0.25) is 0 Å². The molecule has 2 aromatic rings. The molecule has 1 aromatic carbocycles. The van der Waals surface area contributed by atoms with Crippen molar-refractivity contribution in [2.45, 2.75) is 12.7 Å². The highest BCUT2D eigenvalue weighted by Gasteiger charge is 2.31. The van der Waals surface area contributed by atoms with E-state index in [0.29, 0.717) is 16.8 Å². The topological polar surface area (TPSA) is 43.8 Å². The predicted octanol–water partition coefficient (Wildman–Crippen LogP) is 2.56. The summed E-state index contributed by atoms with van der Waals surface area (Å²) in [5, 5.41) is 3.94. The normalized spacial score (nSPS) is 11.8. The van der Waals surface area contributed by atoms with Crippen molar-refractivity contribution in [3.63, 3.8) is 0 Å². The molecule has 0 saturated heterocycles. The highest BCUT2D eigenvalue weighted by Crippen LogP contribution is 2.33. The smallest absolute Gasteiger partial charge is 0.326 e. The van der Waals surface area contributed by atoms with Crippen LogP contribution in [-0.2, 0) is 19.8 Å². The fourth-order valence-corrected chi connectivity index (χ4v) is 1.78. The number of aryl methyl sites for hydroxylation is 1. The molecule has 0 bridgehead atoms. The second-order valence-corrected chi connectivity index (χ2v) is 3.96. The standard InChI is InChI=1S/C12H12F3N3/c1-18-11(2-3-17-18)9-4-8(7-16)5-10(6-9)12(13,14)15/h2-6H,7,16H2,1H3. The largest absolute Gasteiger partial charge is 0.416 e. The van der Waals surface area contributed by atoms with Crippen LogP contribution in [-0.4, -0.2) is 9.78 Å². The number of alkyl halides is 3. The molecule has 3 nitrogen and oxygen atoms in total. The quantitative estimate of drug-likeness (QED) is 0.896. The Morgan fingerprint density at radius 2 is 2.00 bits per heavy atom. The summed E-state index contributed by atoms with van der Waals surface area (Å²) in [5.74, 6) is 0.